The van der Waals surface area contributed by atoms with Gasteiger partial charge in [0.25, 0.3) is 0 Å². The van der Waals surface area contributed by atoms with Crippen molar-refractivity contribution in [3.05, 3.63) is 0 Å². The average molecular weight is 207 g/mol. The first-order valence-corrected chi connectivity index (χ1v) is 4.83. The van der Waals surface area contributed by atoms with E-state index in [0.717, 1.165) is 12.8 Å². The number of rotatable bonds is 3. The van der Waals surface area contributed by atoms with Crippen LogP contribution < -0.4 is 5.32 Å². The Morgan fingerprint density at radius 2 is 2.07 bits per heavy atom. The molecule has 2 aliphatic rings. The monoisotopic (exact) mass is 207 g/mol. The van der Waals surface area contributed by atoms with Crippen LogP contribution in [0.5, 0.6) is 0 Å². The molecule has 0 radical (unpaired) electrons. The Balaban J connectivity index is 1.70. The molecule has 5 heteroatoms. The van der Waals surface area contributed by atoms with Gasteiger partial charge < -0.3 is 5.32 Å². The minimum Gasteiger partial charge on any atom is -0.311 e. The molecule has 1 N–H and O–H groups in total. The molecule has 1 saturated carbocycles. The number of Topliss-reactive ketones (excluding diaryl/α,β-unsaturated/α-hetero) is 1. The van der Waals surface area contributed by atoms with Crippen LogP contribution in [0, 0.1) is 5.92 Å². The molecule has 3 atom stereocenters. The smallest absolute Gasteiger partial charge is 0.311 e. The summed E-state index contributed by atoms with van der Waals surface area (Å²) in [7, 11) is 0. The number of carbonyl (C=O) groups is 1. The van der Waals surface area contributed by atoms with Crippen LogP contribution in [0.2, 0.25) is 0 Å². The van der Waals surface area contributed by atoms with Gasteiger partial charge >= 0.3 is 6.18 Å². The Labute approximate surface area is 79.9 Å². The van der Waals surface area contributed by atoms with Crippen LogP contribution in [0.1, 0.15) is 25.7 Å². The maximum Gasteiger partial charge on any atom is 0.449 e. The van der Waals surface area contributed by atoms with E-state index in [0.29, 0.717) is 18.4 Å². The number of alkyl halides is 3. The Hall–Kier alpha value is -0.580. The number of fused-ring (bicyclic) bond motifs is 1. The maximum absolute atomic E-state index is 11.8. The quantitative estimate of drug-likeness (QED) is 0.762. The van der Waals surface area contributed by atoms with Gasteiger partial charge in [0.15, 0.2) is 0 Å². The van der Waals surface area contributed by atoms with Gasteiger partial charge in [0.1, 0.15) is 0 Å². The van der Waals surface area contributed by atoms with Gasteiger partial charge in [0, 0.05) is 18.5 Å². The lowest BCUT2D eigenvalue weighted by Crippen LogP contribution is -2.29. The molecule has 80 valence electrons. The lowest BCUT2D eigenvalue weighted by Gasteiger charge is -2.12. The average Bonchev–Trinajstić information content (AvgIpc) is 2.68. The molecule has 14 heavy (non-hydrogen) atoms. The molecule has 0 aromatic heterocycles. The number of ketones is 1. The van der Waals surface area contributed by atoms with E-state index in [1.165, 1.54) is 0 Å². The highest BCUT2D eigenvalue weighted by Gasteiger charge is 2.46. The molecule has 1 heterocycles. The fraction of sp³-hybridized carbons (Fsp3) is 0.889. The van der Waals surface area contributed by atoms with Gasteiger partial charge in [-0.1, -0.05) is 0 Å². The van der Waals surface area contributed by atoms with Crippen LogP contribution in [0.3, 0.4) is 0 Å². The van der Waals surface area contributed by atoms with E-state index in [9.17, 15) is 18.0 Å². The molecule has 2 rings (SSSR count). The van der Waals surface area contributed by atoms with Gasteiger partial charge in [0.2, 0.25) is 5.78 Å². The Bertz CT molecular complexity index is 241. The minimum atomic E-state index is -4.65. The third kappa shape index (κ3) is 2.08. The third-order valence-electron chi connectivity index (χ3n) is 3.00. The summed E-state index contributed by atoms with van der Waals surface area (Å²) >= 11 is 0. The first-order chi connectivity index (χ1) is 6.47. The van der Waals surface area contributed by atoms with Crippen molar-refractivity contribution >= 4 is 5.78 Å². The fourth-order valence-corrected chi connectivity index (χ4v) is 2.10. The maximum atomic E-state index is 11.8. The summed E-state index contributed by atoms with van der Waals surface area (Å²) in [5.74, 6) is -0.930. The van der Waals surface area contributed by atoms with Gasteiger partial charge in [0.05, 0.1) is 0 Å². The number of hydrogen-bond donors (Lipinski definition) is 1. The molecule has 0 bridgehead atoms. The molecular formula is C9H12F3NO. The van der Waals surface area contributed by atoms with Gasteiger partial charge in [-0.3, -0.25) is 4.79 Å². The lowest BCUT2D eigenvalue weighted by molar-refractivity contribution is -0.171. The molecule has 0 unspecified atom stereocenters. The predicted molar refractivity (Wildman–Crippen MR) is 43.7 cm³/mol. The van der Waals surface area contributed by atoms with Crippen LogP contribution in [0.25, 0.3) is 0 Å². The number of carbonyl (C=O) groups excluding carboxylic acids is 1. The first-order valence-electron chi connectivity index (χ1n) is 4.83. The zero-order chi connectivity index (χ0) is 10.3. The second kappa shape index (κ2) is 3.22. The molecule has 0 amide bonds. The molecule has 2 nitrogen and oxygen atoms in total. The summed E-state index contributed by atoms with van der Waals surface area (Å²) in [5, 5.41) is 3.22. The third-order valence-corrected chi connectivity index (χ3v) is 3.00. The zero-order valence-corrected chi connectivity index (χ0v) is 7.60. The molecule has 2 fully saturated rings. The van der Waals surface area contributed by atoms with Crippen LogP contribution in [-0.2, 0) is 4.79 Å². The molecular weight excluding hydrogens is 195 g/mol. The van der Waals surface area contributed by atoms with E-state index >= 15 is 0 Å². The van der Waals surface area contributed by atoms with E-state index < -0.39 is 12.0 Å². The van der Waals surface area contributed by atoms with Crippen LogP contribution in [0.15, 0.2) is 0 Å². The van der Waals surface area contributed by atoms with Crippen molar-refractivity contribution < 1.29 is 18.0 Å². The Morgan fingerprint density at radius 1 is 1.36 bits per heavy atom. The lowest BCUT2D eigenvalue weighted by atomic mass is 10.1. The van der Waals surface area contributed by atoms with E-state index in [1.807, 2.05) is 0 Å². The highest BCUT2D eigenvalue weighted by atomic mass is 19.4. The van der Waals surface area contributed by atoms with Crippen LogP contribution in [0.4, 0.5) is 13.2 Å². The predicted octanol–water partition coefficient (Wildman–Crippen LogP) is 1.65. The van der Waals surface area contributed by atoms with Crippen molar-refractivity contribution in [2.24, 2.45) is 5.92 Å². The summed E-state index contributed by atoms with van der Waals surface area (Å²) in [6, 6.07) is 0.658. The molecule has 1 aliphatic heterocycles. The van der Waals surface area contributed by atoms with Crippen molar-refractivity contribution in [3.8, 4) is 0 Å². The van der Waals surface area contributed by atoms with Crippen molar-refractivity contribution in [1.29, 1.82) is 0 Å². The normalized spacial score (nSPS) is 35.5. The van der Waals surface area contributed by atoms with E-state index in [-0.39, 0.29) is 12.5 Å². The van der Waals surface area contributed by atoms with Crippen LogP contribution in [-0.4, -0.2) is 24.0 Å². The summed E-state index contributed by atoms with van der Waals surface area (Å²) in [5.41, 5.74) is 0. The molecule has 0 aromatic rings. The zero-order valence-electron chi connectivity index (χ0n) is 7.60. The Morgan fingerprint density at radius 3 is 2.57 bits per heavy atom. The highest BCUT2D eigenvalue weighted by Crippen LogP contribution is 2.41. The second-order valence-electron chi connectivity index (χ2n) is 4.16. The van der Waals surface area contributed by atoms with Crippen molar-refractivity contribution in [1.82, 2.24) is 5.32 Å². The van der Waals surface area contributed by atoms with Crippen LogP contribution >= 0.6 is 0 Å². The number of piperidine rings is 1. The largest absolute Gasteiger partial charge is 0.449 e. The first kappa shape index (κ1) is 9.96. The van der Waals surface area contributed by atoms with Gasteiger partial charge in [-0.05, 0) is 25.2 Å². The summed E-state index contributed by atoms with van der Waals surface area (Å²) in [4.78, 5) is 10.6. The molecule has 1 aliphatic carbocycles. The molecule has 1 saturated heterocycles. The minimum absolute atomic E-state index is 0.130. The van der Waals surface area contributed by atoms with E-state index in [2.05, 4.69) is 5.32 Å². The van der Waals surface area contributed by atoms with E-state index in [4.69, 9.17) is 0 Å². The number of hydrogen-bond acceptors (Lipinski definition) is 2. The van der Waals surface area contributed by atoms with Gasteiger partial charge in [-0.25, -0.2) is 0 Å². The topological polar surface area (TPSA) is 29.1 Å². The molecule has 0 spiro atoms. The summed E-state index contributed by atoms with van der Waals surface area (Å²) in [6.45, 7) is 0. The van der Waals surface area contributed by atoms with Crippen molar-refractivity contribution in [2.75, 3.05) is 0 Å². The summed E-state index contributed by atoms with van der Waals surface area (Å²) in [6.07, 6.45) is -2.60. The SMILES string of the molecule is O=C(CC[C@@H]1C[C@@H]2C[C@@H]2N1)C(F)(F)F. The van der Waals surface area contributed by atoms with Gasteiger partial charge in [-0.15, -0.1) is 0 Å². The van der Waals surface area contributed by atoms with Crippen molar-refractivity contribution in [2.45, 2.75) is 43.9 Å². The number of nitrogens with one attached hydrogen (secondary N) is 1. The summed E-state index contributed by atoms with van der Waals surface area (Å²) < 4.78 is 35.5. The number of halogens is 3. The standard InChI is InChI=1S/C9H12F3NO/c10-9(11,12)8(14)2-1-6-3-5-4-7(5)13-6/h5-7,13H,1-4H2/t5-,6-,7+/m1/s1. The van der Waals surface area contributed by atoms with E-state index in [1.54, 1.807) is 0 Å². The van der Waals surface area contributed by atoms with Gasteiger partial charge in [-0.2, -0.15) is 13.2 Å². The Kier molecular flexibility index (Phi) is 2.29. The fourth-order valence-electron chi connectivity index (χ4n) is 2.10. The molecule has 0 aromatic carbocycles. The second-order valence-corrected chi connectivity index (χ2v) is 4.16. The highest BCUT2D eigenvalue weighted by molar-refractivity contribution is 5.83. The van der Waals surface area contributed by atoms with Crippen molar-refractivity contribution in [3.63, 3.8) is 0 Å².